The predicted molar refractivity (Wildman–Crippen MR) is 106 cm³/mol. The van der Waals surface area contributed by atoms with Gasteiger partial charge < -0.3 is 4.48 Å². The molecule has 1 aromatic carbocycles. The fourth-order valence-corrected chi connectivity index (χ4v) is 3.18. The summed E-state index contributed by atoms with van der Waals surface area (Å²) in [5.41, 5.74) is 1.46. The second kappa shape index (κ2) is 17.5. The van der Waals surface area contributed by atoms with Gasteiger partial charge in [-0.1, -0.05) is 88.6 Å². The van der Waals surface area contributed by atoms with Crippen molar-refractivity contribution in [1.29, 1.82) is 0 Å². The van der Waals surface area contributed by atoms with E-state index in [9.17, 15) is 0 Å². The van der Waals surface area contributed by atoms with Crippen LogP contribution in [0.2, 0.25) is 0 Å². The zero-order chi connectivity index (χ0) is 16.1. The van der Waals surface area contributed by atoms with E-state index < -0.39 is 0 Å². The topological polar surface area (TPSA) is 0 Å². The van der Waals surface area contributed by atoms with Crippen molar-refractivity contribution in [2.24, 2.45) is 0 Å². The molecule has 0 aliphatic carbocycles. The molecule has 0 saturated carbocycles. The van der Waals surface area contributed by atoms with Crippen molar-refractivity contribution in [3.8, 4) is 0 Å². The number of hydrogen-bond acceptors (Lipinski definition) is 0. The van der Waals surface area contributed by atoms with Crippen LogP contribution < -0.4 is 51.4 Å². The molecule has 0 spiro atoms. The van der Waals surface area contributed by atoms with Gasteiger partial charge in [-0.2, -0.15) is 0 Å². The average Bonchev–Trinajstić information content (AvgIpc) is 2.49. The van der Waals surface area contributed by atoms with Gasteiger partial charge in [0.2, 0.25) is 0 Å². The van der Waals surface area contributed by atoms with E-state index in [4.69, 9.17) is 0 Å². The largest absolute Gasteiger partial charge is 1.00 e. The van der Waals surface area contributed by atoms with E-state index in [2.05, 4.69) is 51.4 Å². The average molecular weight is 380 g/mol. The van der Waals surface area contributed by atoms with E-state index in [0.29, 0.717) is 0 Å². The van der Waals surface area contributed by atoms with Crippen LogP contribution in [0.5, 0.6) is 0 Å². The molecule has 24 heavy (non-hydrogen) atoms. The van der Waals surface area contributed by atoms with Gasteiger partial charge in [-0.15, -0.1) is 12.4 Å². The molecule has 1 nitrogen and oxygen atoms in total. The van der Waals surface area contributed by atoms with Crippen molar-refractivity contribution in [1.82, 2.24) is 0 Å². The van der Waals surface area contributed by atoms with Gasteiger partial charge in [0.05, 0.1) is 20.6 Å². The van der Waals surface area contributed by atoms with Gasteiger partial charge in [0.15, 0.2) is 0 Å². The van der Waals surface area contributed by atoms with Crippen LogP contribution in [-0.4, -0.2) is 25.1 Å². The molecule has 3 heteroatoms. The Balaban J connectivity index is 0. The van der Waals surface area contributed by atoms with Crippen molar-refractivity contribution in [2.45, 2.75) is 77.7 Å². The molecule has 0 unspecified atom stereocenters. The SMILES string of the molecule is CCCCCCCCCCCC[N+](C)(C)Cc1ccccc1.Cl.[K+]. The van der Waals surface area contributed by atoms with E-state index in [1.54, 1.807) is 0 Å². The van der Waals surface area contributed by atoms with Gasteiger partial charge in [-0.3, -0.25) is 0 Å². The molecular weight excluding hydrogens is 341 g/mol. The zero-order valence-electron chi connectivity index (χ0n) is 16.7. The maximum atomic E-state index is 2.36. The molecule has 0 aromatic heterocycles. The van der Waals surface area contributed by atoms with Crippen LogP contribution in [0.1, 0.15) is 76.7 Å². The second-order valence-corrected chi connectivity index (χ2v) is 7.49. The van der Waals surface area contributed by atoms with E-state index in [1.807, 2.05) is 0 Å². The summed E-state index contributed by atoms with van der Waals surface area (Å²) in [7, 11) is 4.72. The Labute approximate surface area is 200 Å². The maximum Gasteiger partial charge on any atom is 1.00 e. The number of unbranched alkanes of at least 4 members (excludes halogenated alkanes) is 9. The van der Waals surface area contributed by atoms with Gasteiger partial charge in [0.1, 0.15) is 6.54 Å². The summed E-state index contributed by atoms with van der Waals surface area (Å²) in [5, 5.41) is 0. The molecule has 0 fully saturated rings. The minimum atomic E-state index is 0. The van der Waals surface area contributed by atoms with Gasteiger partial charge in [-0.25, -0.2) is 0 Å². The number of rotatable bonds is 13. The molecule has 0 saturated heterocycles. The molecule has 0 amide bonds. The standard InChI is InChI=1S/C21H38N.ClH.K/c1-4-5-6-7-8-9-10-11-12-16-19-22(2,3)20-21-17-14-13-15-18-21;;/h13-15,17-18H,4-12,16,19-20H2,1-3H3;1H;/q+1;;+1. The Kier molecular flexibility index (Phi) is 19.9. The molecule has 0 radical (unpaired) electrons. The summed E-state index contributed by atoms with van der Waals surface area (Å²) >= 11 is 0. The zero-order valence-corrected chi connectivity index (χ0v) is 20.7. The molecular formula is C21H39ClKN+2. The van der Waals surface area contributed by atoms with Crippen LogP contribution >= 0.6 is 12.4 Å². The molecule has 0 atom stereocenters. The Morgan fingerprint density at radius 3 is 1.67 bits per heavy atom. The number of halogens is 1. The first-order chi connectivity index (χ1) is 10.6. The minimum absolute atomic E-state index is 0. The molecule has 0 aliphatic rings. The van der Waals surface area contributed by atoms with E-state index in [0.717, 1.165) is 11.0 Å². The third-order valence-electron chi connectivity index (χ3n) is 4.57. The molecule has 0 N–H and O–H groups in total. The van der Waals surface area contributed by atoms with Crippen LogP contribution in [-0.2, 0) is 6.54 Å². The molecule has 134 valence electrons. The monoisotopic (exact) mass is 379 g/mol. The fraction of sp³-hybridized carbons (Fsp3) is 0.714. The Bertz CT molecular complexity index is 367. The van der Waals surface area contributed by atoms with Crippen LogP contribution in [0, 0.1) is 0 Å². The molecule has 0 bridgehead atoms. The summed E-state index contributed by atoms with van der Waals surface area (Å²) < 4.78 is 1.11. The molecule has 1 aromatic rings. The number of quaternary nitrogens is 1. The first-order valence-corrected chi connectivity index (χ1v) is 9.50. The third kappa shape index (κ3) is 15.4. The van der Waals surface area contributed by atoms with Crippen molar-refractivity contribution >= 4 is 12.4 Å². The first kappa shape index (κ1) is 27.3. The predicted octanol–water partition coefficient (Wildman–Crippen LogP) is 3.61. The number of nitrogens with zero attached hydrogens (tertiary/aromatic N) is 1. The second-order valence-electron chi connectivity index (χ2n) is 7.49. The van der Waals surface area contributed by atoms with Crippen LogP contribution in [0.25, 0.3) is 0 Å². The summed E-state index contributed by atoms with van der Waals surface area (Å²) in [6, 6.07) is 10.9. The van der Waals surface area contributed by atoms with Gasteiger partial charge in [0, 0.05) is 5.56 Å². The van der Waals surface area contributed by atoms with Crippen LogP contribution in [0.4, 0.5) is 0 Å². The summed E-state index contributed by atoms with van der Waals surface area (Å²) in [6.45, 7) is 4.74. The van der Waals surface area contributed by atoms with Crippen LogP contribution in [0.3, 0.4) is 0 Å². The minimum Gasteiger partial charge on any atom is -0.325 e. The summed E-state index contributed by atoms with van der Waals surface area (Å²) in [4.78, 5) is 0. The fourth-order valence-electron chi connectivity index (χ4n) is 3.18. The van der Waals surface area contributed by atoms with Crippen molar-refractivity contribution < 1.29 is 55.9 Å². The summed E-state index contributed by atoms with van der Waals surface area (Å²) in [6.07, 6.45) is 14.2. The number of benzene rings is 1. The Morgan fingerprint density at radius 2 is 1.17 bits per heavy atom. The van der Waals surface area contributed by atoms with Crippen molar-refractivity contribution in [3.05, 3.63) is 35.9 Å². The maximum absolute atomic E-state index is 2.36. The molecule has 1 rings (SSSR count). The van der Waals surface area contributed by atoms with E-state index in [-0.39, 0.29) is 63.8 Å². The molecule has 0 heterocycles. The third-order valence-corrected chi connectivity index (χ3v) is 4.57. The van der Waals surface area contributed by atoms with E-state index >= 15 is 0 Å². The van der Waals surface area contributed by atoms with Gasteiger partial charge in [0.25, 0.3) is 0 Å². The van der Waals surface area contributed by atoms with Crippen molar-refractivity contribution in [2.75, 3.05) is 20.6 Å². The van der Waals surface area contributed by atoms with Crippen LogP contribution in [0.15, 0.2) is 30.3 Å². The smallest absolute Gasteiger partial charge is 0.325 e. The van der Waals surface area contributed by atoms with E-state index in [1.165, 1.54) is 76.3 Å². The van der Waals surface area contributed by atoms with Crippen molar-refractivity contribution in [3.63, 3.8) is 0 Å². The quantitative estimate of drug-likeness (QED) is 0.279. The molecule has 0 aliphatic heterocycles. The Morgan fingerprint density at radius 1 is 0.708 bits per heavy atom. The number of hydrogen-bond donors (Lipinski definition) is 0. The summed E-state index contributed by atoms with van der Waals surface area (Å²) in [5.74, 6) is 0. The van der Waals surface area contributed by atoms with Gasteiger partial charge >= 0.3 is 51.4 Å². The normalized spacial score (nSPS) is 10.8. The first-order valence-electron chi connectivity index (χ1n) is 9.50. The van der Waals surface area contributed by atoms with Gasteiger partial charge in [-0.05, 0) is 12.8 Å². The Hall–Kier alpha value is 1.11.